The predicted octanol–water partition coefficient (Wildman–Crippen LogP) is 3.40. The van der Waals surface area contributed by atoms with Crippen molar-refractivity contribution in [2.24, 2.45) is 0 Å². The molecular weight excluding hydrogens is 379 g/mol. The molecule has 1 amide bonds. The molecule has 5 nitrogen and oxygen atoms in total. The number of amides is 1. The highest BCUT2D eigenvalue weighted by Crippen LogP contribution is 2.21. The van der Waals surface area contributed by atoms with Gasteiger partial charge >= 0.3 is 0 Å². The van der Waals surface area contributed by atoms with E-state index >= 15 is 0 Å². The largest absolute Gasteiger partial charge is 0.348 e. The maximum atomic E-state index is 13.6. The first-order valence-corrected chi connectivity index (χ1v) is 9.81. The summed E-state index contributed by atoms with van der Waals surface area (Å²) in [6.07, 6.45) is 0. The lowest BCUT2D eigenvalue weighted by Crippen LogP contribution is -2.30. The number of aryl methyl sites for hydroxylation is 1. The van der Waals surface area contributed by atoms with Gasteiger partial charge in [0.15, 0.2) is 0 Å². The van der Waals surface area contributed by atoms with Crippen LogP contribution in [0.25, 0.3) is 0 Å². The zero-order chi connectivity index (χ0) is 19.5. The van der Waals surface area contributed by atoms with Gasteiger partial charge in [-0.25, -0.2) is 17.5 Å². The highest BCUT2D eigenvalue weighted by molar-refractivity contribution is 7.89. The SMILES string of the molecule is Cc1ccc(CNC(=O)c2cc(S(=O)(=O)NC(C)C)ccc2Cl)cc1F. The molecule has 2 aromatic carbocycles. The van der Waals surface area contributed by atoms with Gasteiger partial charge in [0.2, 0.25) is 10.0 Å². The smallest absolute Gasteiger partial charge is 0.253 e. The lowest BCUT2D eigenvalue weighted by atomic mass is 10.1. The zero-order valence-corrected chi connectivity index (χ0v) is 16.2. The predicted molar refractivity (Wildman–Crippen MR) is 99.2 cm³/mol. The molecule has 0 saturated carbocycles. The third-order valence-corrected chi connectivity index (χ3v) is 5.56. The number of halogens is 2. The topological polar surface area (TPSA) is 75.3 Å². The van der Waals surface area contributed by atoms with Gasteiger partial charge in [0, 0.05) is 12.6 Å². The third-order valence-electron chi connectivity index (χ3n) is 3.57. The molecule has 0 heterocycles. The molecule has 0 aromatic heterocycles. The Morgan fingerprint density at radius 2 is 1.88 bits per heavy atom. The van der Waals surface area contributed by atoms with Crippen molar-refractivity contribution >= 4 is 27.5 Å². The minimum Gasteiger partial charge on any atom is -0.348 e. The van der Waals surface area contributed by atoms with Crippen LogP contribution in [0.4, 0.5) is 4.39 Å². The van der Waals surface area contributed by atoms with Gasteiger partial charge < -0.3 is 5.32 Å². The van der Waals surface area contributed by atoms with Crippen molar-refractivity contribution in [3.63, 3.8) is 0 Å². The van der Waals surface area contributed by atoms with Crippen LogP contribution in [0.2, 0.25) is 5.02 Å². The molecule has 2 aromatic rings. The Morgan fingerprint density at radius 1 is 1.19 bits per heavy atom. The molecule has 140 valence electrons. The number of hydrogen-bond donors (Lipinski definition) is 2. The van der Waals surface area contributed by atoms with Gasteiger partial charge in [0.05, 0.1) is 15.5 Å². The molecule has 0 atom stereocenters. The molecule has 0 unspecified atom stereocenters. The van der Waals surface area contributed by atoms with Gasteiger partial charge in [-0.2, -0.15) is 0 Å². The number of nitrogens with one attached hydrogen (secondary N) is 2. The Bertz CT molecular complexity index is 930. The highest BCUT2D eigenvalue weighted by Gasteiger charge is 2.19. The van der Waals surface area contributed by atoms with Gasteiger partial charge in [0.25, 0.3) is 5.91 Å². The van der Waals surface area contributed by atoms with Crippen molar-refractivity contribution in [2.45, 2.75) is 38.3 Å². The number of rotatable bonds is 6. The second kappa shape index (κ2) is 8.16. The van der Waals surface area contributed by atoms with E-state index in [1.54, 1.807) is 32.9 Å². The van der Waals surface area contributed by atoms with Crippen LogP contribution in [0.15, 0.2) is 41.3 Å². The first-order chi connectivity index (χ1) is 12.1. The average molecular weight is 399 g/mol. The molecule has 0 aliphatic carbocycles. The molecule has 0 aliphatic rings. The minimum atomic E-state index is -3.75. The van der Waals surface area contributed by atoms with Crippen LogP contribution in [0.5, 0.6) is 0 Å². The van der Waals surface area contributed by atoms with E-state index in [2.05, 4.69) is 10.0 Å². The van der Waals surface area contributed by atoms with Crippen molar-refractivity contribution in [1.82, 2.24) is 10.0 Å². The van der Waals surface area contributed by atoms with E-state index < -0.39 is 15.9 Å². The van der Waals surface area contributed by atoms with Crippen LogP contribution in [0.1, 0.15) is 35.3 Å². The van der Waals surface area contributed by atoms with E-state index in [1.807, 2.05) is 0 Å². The first kappa shape index (κ1) is 20.4. The fourth-order valence-electron chi connectivity index (χ4n) is 2.25. The lowest BCUT2D eigenvalue weighted by molar-refractivity contribution is 0.0951. The van der Waals surface area contributed by atoms with Crippen molar-refractivity contribution in [3.8, 4) is 0 Å². The van der Waals surface area contributed by atoms with Crippen molar-refractivity contribution < 1.29 is 17.6 Å². The molecule has 0 spiro atoms. The summed E-state index contributed by atoms with van der Waals surface area (Å²) in [6, 6.07) is 8.28. The Kier molecular flexibility index (Phi) is 6.39. The Morgan fingerprint density at radius 3 is 2.50 bits per heavy atom. The summed E-state index contributed by atoms with van der Waals surface area (Å²) in [6.45, 7) is 5.13. The molecule has 26 heavy (non-hydrogen) atoms. The number of carbonyl (C=O) groups is 1. The minimum absolute atomic E-state index is 0.0332. The quantitative estimate of drug-likeness (QED) is 0.783. The van der Waals surface area contributed by atoms with Crippen molar-refractivity contribution in [3.05, 3.63) is 63.9 Å². The molecule has 0 aliphatic heterocycles. The van der Waals surface area contributed by atoms with E-state index in [0.29, 0.717) is 11.1 Å². The highest BCUT2D eigenvalue weighted by atomic mass is 35.5. The third kappa shape index (κ3) is 5.03. The van der Waals surface area contributed by atoms with Gasteiger partial charge in [-0.3, -0.25) is 4.79 Å². The molecular formula is C18H20ClFN2O3S. The summed E-state index contributed by atoms with van der Waals surface area (Å²) in [5.41, 5.74) is 1.13. The normalized spacial score (nSPS) is 11.6. The van der Waals surface area contributed by atoms with E-state index in [-0.39, 0.29) is 33.9 Å². The van der Waals surface area contributed by atoms with Crippen LogP contribution in [-0.4, -0.2) is 20.4 Å². The molecule has 0 fully saturated rings. The molecule has 2 N–H and O–H groups in total. The average Bonchev–Trinajstić information content (AvgIpc) is 2.54. The van der Waals surface area contributed by atoms with E-state index in [9.17, 15) is 17.6 Å². The van der Waals surface area contributed by atoms with Gasteiger partial charge in [-0.1, -0.05) is 23.7 Å². The van der Waals surface area contributed by atoms with Crippen LogP contribution in [-0.2, 0) is 16.6 Å². The first-order valence-electron chi connectivity index (χ1n) is 7.95. The standard InChI is InChI=1S/C18H20ClFN2O3S/c1-11(2)22-26(24,25)14-6-7-16(19)15(9-14)18(23)21-10-13-5-4-12(3)17(20)8-13/h4-9,11,22H,10H2,1-3H3,(H,21,23). The van der Waals surface area contributed by atoms with Gasteiger partial charge in [0.1, 0.15) is 5.82 Å². The van der Waals surface area contributed by atoms with E-state index in [0.717, 1.165) is 0 Å². The van der Waals surface area contributed by atoms with Crippen LogP contribution in [0, 0.1) is 12.7 Å². The van der Waals surface area contributed by atoms with E-state index in [1.165, 1.54) is 24.3 Å². The van der Waals surface area contributed by atoms with Crippen LogP contribution < -0.4 is 10.0 Å². The number of sulfonamides is 1. The molecule has 0 radical (unpaired) electrons. The summed E-state index contributed by atoms with van der Waals surface area (Å²) in [5, 5.41) is 2.74. The summed E-state index contributed by atoms with van der Waals surface area (Å²) >= 11 is 6.04. The Labute approximate surface area is 157 Å². The monoisotopic (exact) mass is 398 g/mol. The van der Waals surface area contributed by atoms with Crippen molar-refractivity contribution in [2.75, 3.05) is 0 Å². The summed E-state index contributed by atoms with van der Waals surface area (Å²) in [7, 11) is -3.75. The van der Waals surface area contributed by atoms with Gasteiger partial charge in [-0.15, -0.1) is 0 Å². The fraction of sp³-hybridized carbons (Fsp3) is 0.278. The summed E-state index contributed by atoms with van der Waals surface area (Å²) in [5.74, 6) is -0.903. The maximum Gasteiger partial charge on any atom is 0.253 e. The number of hydrogen-bond acceptors (Lipinski definition) is 3. The summed E-state index contributed by atoms with van der Waals surface area (Å²) in [4.78, 5) is 12.3. The Balaban J connectivity index is 2.20. The van der Waals surface area contributed by atoms with Crippen LogP contribution >= 0.6 is 11.6 Å². The molecule has 2 rings (SSSR count). The molecule has 0 saturated heterocycles. The fourth-order valence-corrected chi connectivity index (χ4v) is 3.73. The second-order valence-electron chi connectivity index (χ2n) is 6.18. The van der Waals surface area contributed by atoms with Crippen LogP contribution in [0.3, 0.4) is 0 Å². The van der Waals surface area contributed by atoms with E-state index in [4.69, 9.17) is 11.6 Å². The van der Waals surface area contributed by atoms with Gasteiger partial charge in [-0.05, 0) is 56.2 Å². The number of benzene rings is 2. The maximum absolute atomic E-state index is 13.6. The molecule has 8 heteroatoms. The second-order valence-corrected chi connectivity index (χ2v) is 8.31. The Hall–Kier alpha value is -1.96. The lowest BCUT2D eigenvalue weighted by Gasteiger charge is -2.12. The number of carbonyl (C=O) groups excluding carboxylic acids is 1. The zero-order valence-electron chi connectivity index (χ0n) is 14.6. The van der Waals surface area contributed by atoms with Crippen molar-refractivity contribution in [1.29, 1.82) is 0 Å². The molecule has 0 bridgehead atoms. The summed E-state index contributed by atoms with van der Waals surface area (Å²) < 4.78 is 40.5.